The zero-order valence-electron chi connectivity index (χ0n) is 42.2. The van der Waals surface area contributed by atoms with Crippen molar-refractivity contribution < 1.29 is 0 Å². The summed E-state index contributed by atoms with van der Waals surface area (Å²) < 4.78 is 0. The first-order chi connectivity index (χ1) is 33.7. The number of benzene rings is 9. The first-order valence-electron chi connectivity index (χ1n) is 25.3. The van der Waals surface area contributed by atoms with Crippen molar-refractivity contribution >= 4 is 80.3 Å². The van der Waals surface area contributed by atoms with Crippen molar-refractivity contribution in [2.24, 2.45) is 0 Å². The molecule has 0 amide bonds. The van der Waals surface area contributed by atoms with E-state index in [9.17, 15) is 0 Å². The molecule has 0 radical (unpaired) electrons. The number of nitrogens with zero attached hydrogens (tertiary/aromatic N) is 2. The van der Waals surface area contributed by atoms with Gasteiger partial charge in [-0.05, 0) is 174 Å². The molecule has 4 aliphatic heterocycles. The minimum Gasteiger partial charge on any atom is -0.312 e. The van der Waals surface area contributed by atoms with Crippen molar-refractivity contribution in [3.05, 3.63) is 225 Å². The summed E-state index contributed by atoms with van der Waals surface area (Å²) in [5, 5.41) is 0. The SMILES string of the molecule is Cc1ccc(N2c3ccc(C)cc3B3c4ccc(-c5cccc(-c6ccc7c(c6)C(C)(C)c6c(C)ccc8c6B7c6cc(C)ccc6N8c6ccc(C)cc6)c5)cc4C(C)(C)c4c(C)ccc2c43)cc1. The van der Waals surface area contributed by atoms with Crippen LogP contribution in [0, 0.1) is 41.5 Å². The Balaban J connectivity index is 0.924. The summed E-state index contributed by atoms with van der Waals surface area (Å²) in [5.41, 5.74) is 34.1. The quantitative estimate of drug-likeness (QED) is 0.162. The van der Waals surface area contributed by atoms with Gasteiger partial charge < -0.3 is 9.80 Å². The van der Waals surface area contributed by atoms with E-state index < -0.39 is 0 Å². The van der Waals surface area contributed by atoms with E-state index in [4.69, 9.17) is 0 Å². The highest BCUT2D eigenvalue weighted by molar-refractivity contribution is 6.99. The fourth-order valence-corrected chi connectivity index (χ4v) is 13.7. The molecular formula is C66H58B2N2. The van der Waals surface area contributed by atoms with Gasteiger partial charge in [-0.15, -0.1) is 0 Å². The van der Waals surface area contributed by atoms with Crippen LogP contribution < -0.4 is 42.6 Å². The van der Waals surface area contributed by atoms with Gasteiger partial charge in [-0.3, -0.25) is 0 Å². The van der Waals surface area contributed by atoms with E-state index in [1.54, 1.807) is 0 Å². The topological polar surface area (TPSA) is 6.48 Å². The Morgan fingerprint density at radius 2 is 0.700 bits per heavy atom. The average Bonchev–Trinajstić information content (AvgIpc) is 3.35. The van der Waals surface area contributed by atoms with Crippen molar-refractivity contribution in [1.29, 1.82) is 0 Å². The molecule has 4 heterocycles. The molecular weight excluding hydrogens is 842 g/mol. The summed E-state index contributed by atoms with van der Waals surface area (Å²) in [6.45, 7) is 23.6. The highest BCUT2D eigenvalue weighted by atomic mass is 15.2. The Morgan fingerprint density at radius 3 is 1.11 bits per heavy atom. The predicted molar refractivity (Wildman–Crippen MR) is 302 cm³/mol. The highest BCUT2D eigenvalue weighted by Crippen LogP contribution is 2.47. The highest BCUT2D eigenvalue weighted by Gasteiger charge is 2.48. The molecule has 70 heavy (non-hydrogen) atoms. The van der Waals surface area contributed by atoms with Gasteiger partial charge in [0.1, 0.15) is 0 Å². The van der Waals surface area contributed by atoms with Crippen molar-refractivity contribution in [1.82, 2.24) is 0 Å². The van der Waals surface area contributed by atoms with Crippen LogP contribution in [-0.4, -0.2) is 13.4 Å². The summed E-state index contributed by atoms with van der Waals surface area (Å²) in [7, 11) is 0. The van der Waals surface area contributed by atoms with Crippen LogP contribution >= 0.6 is 0 Å². The third-order valence-corrected chi connectivity index (χ3v) is 16.8. The molecule has 0 aromatic heterocycles. The van der Waals surface area contributed by atoms with E-state index in [2.05, 4.69) is 249 Å². The largest absolute Gasteiger partial charge is 0.312 e. The maximum atomic E-state index is 2.53. The molecule has 0 spiro atoms. The lowest BCUT2D eigenvalue weighted by atomic mass is 9.30. The van der Waals surface area contributed by atoms with Crippen molar-refractivity contribution in [2.75, 3.05) is 9.80 Å². The van der Waals surface area contributed by atoms with Crippen molar-refractivity contribution in [3.63, 3.8) is 0 Å². The Morgan fingerprint density at radius 1 is 0.329 bits per heavy atom. The molecule has 0 aliphatic carbocycles. The minimum absolute atomic E-state index is 0.138. The lowest BCUT2D eigenvalue weighted by molar-refractivity contribution is 0.641. The smallest absolute Gasteiger partial charge is 0.247 e. The normalized spacial score (nSPS) is 15.1. The molecule has 9 aromatic carbocycles. The van der Waals surface area contributed by atoms with Gasteiger partial charge in [0.2, 0.25) is 13.4 Å². The average molecular weight is 901 g/mol. The third kappa shape index (κ3) is 6.08. The van der Waals surface area contributed by atoms with E-state index in [0.29, 0.717) is 0 Å². The summed E-state index contributed by atoms with van der Waals surface area (Å²) in [6, 6.07) is 65.8. The lowest BCUT2D eigenvalue weighted by Gasteiger charge is -2.46. The van der Waals surface area contributed by atoms with Crippen LogP contribution in [0.1, 0.15) is 83.3 Å². The molecule has 2 nitrogen and oxygen atoms in total. The number of aryl methyl sites for hydroxylation is 6. The van der Waals surface area contributed by atoms with Crippen LogP contribution in [-0.2, 0) is 10.8 Å². The third-order valence-electron chi connectivity index (χ3n) is 16.8. The Hall–Kier alpha value is -7.29. The molecule has 0 unspecified atom stereocenters. The summed E-state index contributed by atoms with van der Waals surface area (Å²) in [6.07, 6.45) is 0. The molecule has 0 bridgehead atoms. The van der Waals surface area contributed by atoms with Crippen LogP contribution in [0.3, 0.4) is 0 Å². The van der Waals surface area contributed by atoms with Crippen molar-refractivity contribution in [3.8, 4) is 22.3 Å². The van der Waals surface area contributed by atoms with E-state index in [-0.39, 0.29) is 24.3 Å². The Labute approximate surface area is 415 Å². The second kappa shape index (κ2) is 15.1. The van der Waals surface area contributed by atoms with E-state index >= 15 is 0 Å². The molecule has 4 aliphatic rings. The first-order valence-corrected chi connectivity index (χ1v) is 25.3. The molecule has 9 aromatic rings. The fraction of sp³-hybridized carbons (Fsp3) is 0.182. The van der Waals surface area contributed by atoms with Gasteiger partial charge in [-0.1, -0.05) is 176 Å². The number of anilines is 6. The monoisotopic (exact) mass is 900 g/mol. The molecule has 338 valence electrons. The molecule has 0 saturated carbocycles. The molecule has 13 rings (SSSR count). The molecule has 0 fully saturated rings. The molecule has 0 atom stereocenters. The van der Waals surface area contributed by atoms with Crippen LogP contribution in [0.15, 0.2) is 170 Å². The number of hydrogen-bond donors (Lipinski definition) is 0. The van der Waals surface area contributed by atoms with E-state index in [0.717, 1.165) is 0 Å². The van der Waals surface area contributed by atoms with E-state index in [1.165, 1.54) is 145 Å². The van der Waals surface area contributed by atoms with Crippen molar-refractivity contribution in [2.45, 2.75) is 80.1 Å². The van der Waals surface area contributed by atoms with Crippen LogP contribution in [0.5, 0.6) is 0 Å². The van der Waals surface area contributed by atoms with Gasteiger partial charge >= 0.3 is 0 Å². The summed E-state index contributed by atoms with van der Waals surface area (Å²) >= 11 is 0. The number of fused-ring (bicyclic) bond motifs is 8. The summed E-state index contributed by atoms with van der Waals surface area (Å²) in [4.78, 5) is 5.02. The first kappa shape index (κ1) is 42.8. The van der Waals surface area contributed by atoms with Crippen LogP contribution in [0.4, 0.5) is 34.1 Å². The predicted octanol–water partition coefficient (Wildman–Crippen LogP) is 12.7. The molecule has 4 heteroatoms. The van der Waals surface area contributed by atoms with Gasteiger partial charge in [-0.2, -0.15) is 0 Å². The zero-order valence-corrected chi connectivity index (χ0v) is 42.2. The van der Waals surface area contributed by atoms with Crippen LogP contribution in [0.25, 0.3) is 22.3 Å². The van der Waals surface area contributed by atoms with E-state index in [1.807, 2.05) is 0 Å². The maximum Gasteiger partial charge on any atom is 0.247 e. The van der Waals surface area contributed by atoms with Gasteiger partial charge in [0.25, 0.3) is 0 Å². The zero-order chi connectivity index (χ0) is 48.1. The summed E-state index contributed by atoms with van der Waals surface area (Å²) in [5.74, 6) is 0. The Bertz CT molecular complexity index is 3450. The number of hydrogen-bond acceptors (Lipinski definition) is 2. The molecule has 0 N–H and O–H groups in total. The number of rotatable bonds is 4. The second-order valence-corrected chi connectivity index (χ2v) is 22.1. The Kier molecular flexibility index (Phi) is 9.23. The minimum atomic E-state index is -0.221. The second-order valence-electron chi connectivity index (χ2n) is 22.1. The maximum absolute atomic E-state index is 2.53. The van der Waals surface area contributed by atoms with Gasteiger partial charge in [0, 0.05) is 45.0 Å². The van der Waals surface area contributed by atoms with Crippen LogP contribution in [0.2, 0.25) is 0 Å². The van der Waals surface area contributed by atoms with Gasteiger partial charge in [0.05, 0.1) is 0 Å². The fourth-order valence-electron chi connectivity index (χ4n) is 13.7. The lowest BCUT2D eigenvalue weighted by Crippen LogP contribution is -2.64. The standard InChI is InChI=1S/C66H58B2N2/c1-39-14-24-49(25-15-39)69-57-30-18-41(3)34-55(57)67-53-28-22-47(37-51(53)65(7,8)61-43(5)20-32-59(69)63(61)67)45-12-11-13-46(36-45)48-23-29-54-52(38-48)66(9,10)62-44(6)21-33-60-64(62)68(54)56-35-42(4)19-31-58(56)70(60)50-26-16-40(2)17-27-50/h11-38H,1-10H3. The van der Waals surface area contributed by atoms with Gasteiger partial charge in [0.15, 0.2) is 0 Å². The van der Waals surface area contributed by atoms with Gasteiger partial charge in [-0.25, -0.2) is 0 Å². The molecule has 0 saturated heterocycles.